The van der Waals surface area contributed by atoms with Gasteiger partial charge in [0, 0.05) is 0 Å². The van der Waals surface area contributed by atoms with E-state index in [-0.39, 0.29) is 0 Å². The van der Waals surface area contributed by atoms with Crippen LogP contribution in [0.15, 0.2) is 0 Å². The van der Waals surface area contributed by atoms with Gasteiger partial charge in [-0.2, -0.15) is 13.5 Å². The van der Waals surface area contributed by atoms with Gasteiger partial charge in [-0.15, -0.1) is 4.28 Å². The van der Waals surface area contributed by atoms with Crippen molar-refractivity contribution in [2.45, 2.75) is 25.4 Å². The van der Waals surface area contributed by atoms with Crippen LogP contribution in [0.4, 0.5) is 0 Å². The first-order valence-corrected chi connectivity index (χ1v) is 4.79. The van der Waals surface area contributed by atoms with E-state index in [1.807, 2.05) is 0 Å². The minimum absolute atomic E-state index is 0.535. The normalized spacial score (nSPS) is 27.2. The molecule has 3 N–H and O–H groups in total. The van der Waals surface area contributed by atoms with E-state index >= 15 is 0 Å². The highest BCUT2D eigenvalue weighted by Crippen LogP contribution is 2.30. The van der Waals surface area contributed by atoms with Crippen molar-refractivity contribution < 1.29 is 22.0 Å². The van der Waals surface area contributed by atoms with Crippen LogP contribution in [0.25, 0.3) is 0 Å². The number of hydroxylamine groups is 2. The molecule has 0 saturated carbocycles. The van der Waals surface area contributed by atoms with Gasteiger partial charge in [0.15, 0.2) is 0 Å². The number of carbonyl (C=O) groups excluding carboxylic acids is 1. The van der Waals surface area contributed by atoms with E-state index < -0.39 is 27.9 Å². The summed E-state index contributed by atoms with van der Waals surface area (Å²) < 4.78 is 32.9. The third-order valence-corrected chi connectivity index (χ3v) is 2.26. The molecular formula is C5H10N2O5S. The number of nitrogens with zero attached hydrogens (tertiary/aromatic N) is 1. The van der Waals surface area contributed by atoms with Crippen molar-refractivity contribution in [3.8, 4) is 0 Å². The molecule has 0 radical (unpaired) electrons. The van der Waals surface area contributed by atoms with Crippen LogP contribution in [0.2, 0.25) is 0 Å². The van der Waals surface area contributed by atoms with Crippen LogP contribution in [0.1, 0.15) is 13.8 Å². The Morgan fingerprint density at radius 2 is 2.08 bits per heavy atom. The van der Waals surface area contributed by atoms with Gasteiger partial charge in [0.2, 0.25) is 0 Å². The molecule has 1 saturated heterocycles. The maximum atomic E-state index is 11.0. The van der Waals surface area contributed by atoms with Crippen molar-refractivity contribution in [2.75, 3.05) is 0 Å². The highest BCUT2D eigenvalue weighted by atomic mass is 32.3. The molecule has 7 nitrogen and oxygen atoms in total. The summed E-state index contributed by atoms with van der Waals surface area (Å²) in [6.07, 6.45) is 0. The molecule has 0 unspecified atom stereocenters. The highest BCUT2D eigenvalue weighted by molar-refractivity contribution is 7.80. The third-order valence-electron chi connectivity index (χ3n) is 1.92. The van der Waals surface area contributed by atoms with Gasteiger partial charge in [-0.1, -0.05) is 0 Å². The van der Waals surface area contributed by atoms with Crippen molar-refractivity contribution in [2.24, 2.45) is 5.73 Å². The van der Waals surface area contributed by atoms with Crippen molar-refractivity contribution in [3.05, 3.63) is 0 Å². The Hall–Kier alpha value is -0.700. The Morgan fingerprint density at radius 1 is 1.62 bits per heavy atom. The monoisotopic (exact) mass is 210 g/mol. The van der Waals surface area contributed by atoms with Crippen LogP contribution >= 0.6 is 0 Å². The Morgan fingerprint density at radius 3 is 2.38 bits per heavy atom. The molecule has 1 amide bonds. The van der Waals surface area contributed by atoms with Crippen LogP contribution in [0, 0.1) is 0 Å². The molecule has 0 aliphatic carbocycles. The lowest BCUT2D eigenvalue weighted by molar-refractivity contribution is -0.214. The lowest BCUT2D eigenvalue weighted by Gasteiger charge is -2.48. The van der Waals surface area contributed by atoms with Gasteiger partial charge >= 0.3 is 10.4 Å². The zero-order valence-electron chi connectivity index (χ0n) is 7.09. The SMILES string of the molecule is CC1(C)[C@H](N)C(=O)N1OS(=O)(=O)O. The van der Waals surface area contributed by atoms with Gasteiger partial charge in [-0.05, 0) is 13.8 Å². The van der Waals surface area contributed by atoms with Crippen molar-refractivity contribution in [1.82, 2.24) is 5.06 Å². The molecule has 13 heavy (non-hydrogen) atoms. The second kappa shape index (κ2) is 2.64. The van der Waals surface area contributed by atoms with Gasteiger partial charge < -0.3 is 5.73 Å². The average molecular weight is 210 g/mol. The predicted molar refractivity (Wildman–Crippen MR) is 41.5 cm³/mol. The van der Waals surface area contributed by atoms with E-state index in [1.165, 1.54) is 13.8 Å². The standard InChI is InChI=1S/C5H10N2O5S/c1-5(2)3(6)4(8)7(5)12-13(9,10)11/h3H,6H2,1-2H3,(H,9,10,11)/t3-/m1/s1. The maximum absolute atomic E-state index is 11.0. The quantitative estimate of drug-likeness (QED) is 0.431. The van der Waals surface area contributed by atoms with Crippen LogP contribution in [-0.4, -0.2) is 35.5 Å². The Kier molecular flexibility index (Phi) is 2.11. The molecule has 1 fully saturated rings. The van der Waals surface area contributed by atoms with Crippen molar-refractivity contribution >= 4 is 16.3 Å². The molecule has 1 atom stereocenters. The molecule has 76 valence electrons. The summed E-state index contributed by atoms with van der Waals surface area (Å²) in [5.74, 6) is -0.678. The fourth-order valence-corrected chi connectivity index (χ4v) is 1.45. The molecule has 8 heteroatoms. The minimum Gasteiger partial charge on any atom is -0.318 e. The number of carbonyl (C=O) groups is 1. The van der Waals surface area contributed by atoms with Gasteiger partial charge in [0.25, 0.3) is 5.91 Å². The molecule has 1 rings (SSSR count). The first kappa shape index (κ1) is 10.4. The van der Waals surface area contributed by atoms with E-state index in [9.17, 15) is 13.2 Å². The summed E-state index contributed by atoms with van der Waals surface area (Å²) in [4.78, 5) is 11.0. The number of rotatable bonds is 2. The summed E-state index contributed by atoms with van der Waals surface area (Å²) >= 11 is 0. The molecule has 1 aliphatic rings. The summed E-state index contributed by atoms with van der Waals surface area (Å²) in [7, 11) is -4.66. The Bertz CT molecular complexity index is 335. The predicted octanol–water partition coefficient (Wildman–Crippen LogP) is -1.33. The second-order valence-corrected chi connectivity index (χ2v) is 4.27. The number of nitrogens with two attached hydrogens (primary N) is 1. The van der Waals surface area contributed by atoms with E-state index in [0.29, 0.717) is 5.06 Å². The zero-order valence-corrected chi connectivity index (χ0v) is 7.91. The molecule has 0 aromatic heterocycles. The molecule has 0 aromatic rings. The lowest BCUT2D eigenvalue weighted by atomic mass is 9.86. The summed E-state index contributed by atoms with van der Waals surface area (Å²) in [5.41, 5.74) is 4.44. The molecular weight excluding hydrogens is 200 g/mol. The van der Waals surface area contributed by atoms with E-state index in [0.717, 1.165) is 0 Å². The van der Waals surface area contributed by atoms with Crippen LogP contribution in [-0.2, 0) is 19.5 Å². The Balaban J connectivity index is 2.80. The molecule has 0 aromatic carbocycles. The van der Waals surface area contributed by atoms with Crippen LogP contribution in [0.5, 0.6) is 0 Å². The van der Waals surface area contributed by atoms with Crippen LogP contribution in [0.3, 0.4) is 0 Å². The van der Waals surface area contributed by atoms with Gasteiger partial charge in [-0.25, -0.2) is 0 Å². The second-order valence-electron chi connectivity index (χ2n) is 3.27. The Labute approximate surface area is 75.4 Å². The number of β-lactam (4-membered cyclic amide) rings is 1. The van der Waals surface area contributed by atoms with Crippen molar-refractivity contribution in [3.63, 3.8) is 0 Å². The summed E-state index contributed by atoms with van der Waals surface area (Å²) in [5, 5.41) is 0.535. The van der Waals surface area contributed by atoms with Crippen molar-refractivity contribution in [1.29, 1.82) is 0 Å². The average Bonchev–Trinajstić information content (AvgIpc) is 1.96. The number of hydrogen-bond acceptors (Lipinski definition) is 5. The third kappa shape index (κ3) is 1.66. The largest absolute Gasteiger partial charge is 0.418 e. The fourth-order valence-electron chi connectivity index (χ4n) is 1.000. The molecule has 1 heterocycles. The summed E-state index contributed by atoms with van der Waals surface area (Å²) in [6, 6.07) is -0.811. The van der Waals surface area contributed by atoms with E-state index in [4.69, 9.17) is 10.3 Å². The van der Waals surface area contributed by atoms with Gasteiger partial charge in [0.1, 0.15) is 6.04 Å². The fraction of sp³-hybridized carbons (Fsp3) is 0.800. The van der Waals surface area contributed by atoms with E-state index in [2.05, 4.69) is 4.28 Å². The van der Waals surface area contributed by atoms with E-state index in [1.54, 1.807) is 0 Å². The zero-order chi connectivity index (χ0) is 10.4. The maximum Gasteiger partial charge on any atom is 0.418 e. The van der Waals surface area contributed by atoms with Crippen LogP contribution < -0.4 is 5.73 Å². The number of amides is 1. The smallest absolute Gasteiger partial charge is 0.318 e. The van der Waals surface area contributed by atoms with Gasteiger partial charge in [-0.3, -0.25) is 9.35 Å². The highest BCUT2D eigenvalue weighted by Gasteiger charge is 2.55. The first-order chi connectivity index (χ1) is 5.66. The molecule has 0 spiro atoms. The first-order valence-electron chi connectivity index (χ1n) is 3.43. The molecule has 0 bridgehead atoms. The minimum atomic E-state index is -4.66. The lowest BCUT2D eigenvalue weighted by Crippen LogP contribution is -2.74. The topological polar surface area (TPSA) is 110 Å². The summed E-state index contributed by atoms with van der Waals surface area (Å²) in [6.45, 7) is 3.04. The number of hydrogen-bond donors (Lipinski definition) is 2. The molecule has 1 aliphatic heterocycles. The van der Waals surface area contributed by atoms with Gasteiger partial charge in [0.05, 0.1) is 5.54 Å².